The molecule has 1 aromatic heterocycles. The molecule has 0 bridgehead atoms. The molecule has 0 aliphatic heterocycles. The lowest BCUT2D eigenvalue weighted by atomic mass is 10.2. The van der Waals surface area contributed by atoms with E-state index in [4.69, 9.17) is 9.47 Å². The fourth-order valence-electron chi connectivity index (χ4n) is 2.44. The predicted octanol–water partition coefficient (Wildman–Crippen LogP) is 3.85. The fraction of sp³-hybridized carbons (Fsp3) is 0.158. The third-order valence-electron chi connectivity index (χ3n) is 3.69. The van der Waals surface area contributed by atoms with E-state index in [-0.39, 0.29) is 0 Å². The maximum Gasteiger partial charge on any atom is 0.142 e. The van der Waals surface area contributed by atoms with E-state index in [0.29, 0.717) is 12.4 Å². The van der Waals surface area contributed by atoms with E-state index in [1.165, 1.54) is 6.33 Å². The minimum absolute atomic E-state index is 0.606. The van der Waals surface area contributed by atoms with E-state index >= 15 is 0 Å². The van der Waals surface area contributed by atoms with Gasteiger partial charge in [-0.05, 0) is 18.2 Å². The van der Waals surface area contributed by atoms with E-state index in [9.17, 15) is 0 Å². The highest BCUT2D eigenvalue weighted by molar-refractivity contribution is 5.65. The van der Waals surface area contributed by atoms with Crippen molar-refractivity contribution in [2.75, 3.05) is 24.9 Å². The summed E-state index contributed by atoms with van der Waals surface area (Å²) >= 11 is 0. The Hall–Kier alpha value is -3.28. The van der Waals surface area contributed by atoms with Crippen LogP contribution in [0.3, 0.4) is 0 Å². The van der Waals surface area contributed by atoms with Gasteiger partial charge in [0.05, 0.1) is 19.9 Å². The number of aromatic nitrogens is 2. The molecule has 3 aromatic rings. The van der Waals surface area contributed by atoms with Gasteiger partial charge in [-0.25, -0.2) is 9.97 Å². The first-order chi connectivity index (χ1) is 12.3. The van der Waals surface area contributed by atoms with Crippen LogP contribution in [0.5, 0.6) is 11.5 Å². The van der Waals surface area contributed by atoms with Crippen molar-refractivity contribution >= 4 is 17.3 Å². The van der Waals surface area contributed by atoms with Gasteiger partial charge in [-0.15, -0.1) is 0 Å². The number of hydrogen-bond acceptors (Lipinski definition) is 6. The van der Waals surface area contributed by atoms with E-state index in [2.05, 4.69) is 20.6 Å². The third kappa shape index (κ3) is 4.17. The van der Waals surface area contributed by atoms with Gasteiger partial charge >= 0.3 is 0 Å². The van der Waals surface area contributed by atoms with Crippen molar-refractivity contribution in [2.24, 2.45) is 0 Å². The van der Waals surface area contributed by atoms with Gasteiger partial charge in [0.1, 0.15) is 29.5 Å². The quantitative estimate of drug-likeness (QED) is 0.683. The molecule has 25 heavy (non-hydrogen) atoms. The number of nitrogens with one attached hydrogen (secondary N) is 2. The van der Waals surface area contributed by atoms with Gasteiger partial charge in [-0.1, -0.05) is 30.3 Å². The molecule has 0 aliphatic rings. The second kappa shape index (κ2) is 8.01. The van der Waals surface area contributed by atoms with Gasteiger partial charge in [-0.3, -0.25) is 0 Å². The monoisotopic (exact) mass is 336 g/mol. The molecule has 0 aliphatic carbocycles. The van der Waals surface area contributed by atoms with Crippen LogP contribution in [-0.4, -0.2) is 24.2 Å². The van der Waals surface area contributed by atoms with Gasteiger partial charge in [0, 0.05) is 18.2 Å². The first-order valence-corrected chi connectivity index (χ1v) is 7.88. The van der Waals surface area contributed by atoms with E-state index < -0.39 is 0 Å². The van der Waals surface area contributed by atoms with Gasteiger partial charge in [0.15, 0.2) is 0 Å². The Morgan fingerprint density at radius 3 is 2.32 bits per heavy atom. The maximum atomic E-state index is 5.36. The van der Waals surface area contributed by atoms with Crippen molar-refractivity contribution in [3.63, 3.8) is 0 Å². The molecule has 2 aromatic carbocycles. The van der Waals surface area contributed by atoms with Crippen molar-refractivity contribution in [1.82, 2.24) is 9.97 Å². The molecule has 6 nitrogen and oxygen atoms in total. The normalized spacial score (nSPS) is 10.2. The molecule has 3 rings (SSSR count). The fourth-order valence-corrected chi connectivity index (χ4v) is 2.44. The van der Waals surface area contributed by atoms with Crippen molar-refractivity contribution in [3.8, 4) is 11.5 Å². The van der Waals surface area contributed by atoms with Crippen LogP contribution in [-0.2, 0) is 6.54 Å². The molecule has 0 saturated heterocycles. The number of methoxy groups -OCH3 is 2. The van der Waals surface area contributed by atoms with Gasteiger partial charge in [0.2, 0.25) is 0 Å². The molecular formula is C19H20N4O2. The van der Waals surface area contributed by atoms with Crippen molar-refractivity contribution in [2.45, 2.75) is 6.54 Å². The van der Waals surface area contributed by atoms with Crippen LogP contribution in [0.4, 0.5) is 17.3 Å². The van der Waals surface area contributed by atoms with E-state index in [1.807, 2.05) is 54.6 Å². The van der Waals surface area contributed by atoms with E-state index in [0.717, 1.165) is 28.6 Å². The number of benzene rings is 2. The smallest absolute Gasteiger partial charge is 0.142 e. The van der Waals surface area contributed by atoms with Crippen LogP contribution in [0.15, 0.2) is 60.9 Å². The number of nitrogens with zero attached hydrogens (tertiary/aromatic N) is 2. The lowest BCUT2D eigenvalue weighted by Crippen LogP contribution is -2.04. The summed E-state index contributed by atoms with van der Waals surface area (Å²) in [6.07, 6.45) is 1.52. The molecule has 6 heteroatoms. The standard InChI is InChI=1S/C19H20N4O2/c1-24-16-9-5-3-7-14(16)12-20-18-11-19(22-13-21-18)23-15-8-4-6-10-17(15)25-2/h3-11,13H,12H2,1-2H3,(H2,20,21,22,23). The summed E-state index contributed by atoms with van der Waals surface area (Å²) in [5.41, 5.74) is 1.90. The summed E-state index contributed by atoms with van der Waals surface area (Å²) in [5.74, 6) is 3.00. The van der Waals surface area contributed by atoms with Crippen LogP contribution in [0.2, 0.25) is 0 Å². The average molecular weight is 336 g/mol. The highest BCUT2D eigenvalue weighted by atomic mass is 16.5. The molecule has 2 N–H and O–H groups in total. The van der Waals surface area contributed by atoms with Crippen molar-refractivity contribution in [3.05, 3.63) is 66.5 Å². The number of hydrogen-bond donors (Lipinski definition) is 2. The third-order valence-corrected chi connectivity index (χ3v) is 3.69. The van der Waals surface area contributed by atoms with Crippen molar-refractivity contribution in [1.29, 1.82) is 0 Å². The lowest BCUT2D eigenvalue weighted by molar-refractivity contribution is 0.410. The minimum atomic E-state index is 0.606. The Balaban J connectivity index is 1.71. The number of anilines is 3. The maximum absolute atomic E-state index is 5.36. The second-order valence-corrected chi connectivity index (χ2v) is 5.28. The summed E-state index contributed by atoms with van der Waals surface area (Å²) in [6, 6.07) is 17.4. The highest BCUT2D eigenvalue weighted by Crippen LogP contribution is 2.26. The van der Waals surface area contributed by atoms with Crippen molar-refractivity contribution < 1.29 is 9.47 Å². The van der Waals surface area contributed by atoms with Gasteiger partial charge in [-0.2, -0.15) is 0 Å². The summed E-state index contributed by atoms with van der Waals surface area (Å²) in [7, 11) is 3.31. The Bertz CT molecular complexity index is 839. The average Bonchev–Trinajstić information content (AvgIpc) is 2.67. The minimum Gasteiger partial charge on any atom is -0.496 e. The Labute approximate surface area is 146 Å². The predicted molar refractivity (Wildman–Crippen MR) is 98.6 cm³/mol. The molecule has 0 saturated carbocycles. The SMILES string of the molecule is COc1ccccc1CNc1cc(Nc2ccccc2OC)ncn1. The van der Waals surface area contributed by atoms with Gasteiger partial charge in [0.25, 0.3) is 0 Å². The second-order valence-electron chi connectivity index (χ2n) is 5.28. The van der Waals surface area contributed by atoms with Crippen LogP contribution >= 0.6 is 0 Å². The molecular weight excluding hydrogens is 316 g/mol. The summed E-state index contributed by atoms with van der Waals surface area (Å²) in [5, 5.41) is 6.53. The summed E-state index contributed by atoms with van der Waals surface area (Å²) < 4.78 is 10.7. The summed E-state index contributed by atoms with van der Waals surface area (Å²) in [6.45, 7) is 0.606. The molecule has 0 unspecified atom stereocenters. The first-order valence-electron chi connectivity index (χ1n) is 7.88. The first kappa shape index (κ1) is 16.6. The number of ether oxygens (including phenoxy) is 2. The molecule has 0 amide bonds. The zero-order valence-corrected chi connectivity index (χ0v) is 14.2. The molecule has 128 valence electrons. The Kier molecular flexibility index (Phi) is 5.31. The van der Waals surface area contributed by atoms with Crippen LogP contribution < -0.4 is 20.1 Å². The Morgan fingerprint density at radius 2 is 1.52 bits per heavy atom. The zero-order valence-electron chi connectivity index (χ0n) is 14.2. The zero-order chi connectivity index (χ0) is 17.5. The molecule has 0 radical (unpaired) electrons. The molecule has 0 spiro atoms. The van der Waals surface area contributed by atoms with Crippen LogP contribution in [0.25, 0.3) is 0 Å². The number of para-hydroxylation sites is 3. The van der Waals surface area contributed by atoms with Crippen LogP contribution in [0.1, 0.15) is 5.56 Å². The summed E-state index contributed by atoms with van der Waals surface area (Å²) in [4.78, 5) is 8.52. The lowest BCUT2D eigenvalue weighted by Gasteiger charge is -2.12. The molecule has 0 fully saturated rings. The van der Waals surface area contributed by atoms with Gasteiger partial charge < -0.3 is 20.1 Å². The largest absolute Gasteiger partial charge is 0.496 e. The highest BCUT2D eigenvalue weighted by Gasteiger charge is 2.05. The molecule has 0 atom stereocenters. The number of rotatable bonds is 7. The van der Waals surface area contributed by atoms with E-state index in [1.54, 1.807) is 14.2 Å². The van der Waals surface area contributed by atoms with Crippen LogP contribution in [0, 0.1) is 0 Å². The topological polar surface area (TPSA) is 68.3 Å². The molecule has 1 heterocycles. The Morgan fingerprint density at radius 1 is 0.840 bits per heavy atom.